The quantitative estimate of drug-likeness (QED) is 0.437. The van der Waals surface area contributed by atoms with Crippen molar-refractivity contribution in [1.82, 2.24) is 0 Å². The number of nitrogens with zero attached hydrogens (tertiary/aromatic N) is 2. The zero-order valence-electron chi connectivity index (χ0n) is 4.41. The van der Waals surface area contributed by atoms with Crippen molar-refractivity contribution in [2.24, 2.45) is 10.2 Å². The lowest BCUT2D eigenvalue weighted by molar-refractivity contribution is 0.562. The van der Waals surface area contributed by atoms with Crippen LogP contribution in [0.15, 0.2) is 33.2 Å². The third-order valence-corrected chi connectivity index (χ3v) is 1.53. The van der Waals surface area contributed by atoms with Crippen LogP contribution in [0, 0.1) is 0 Å². The predicted octanol–water partition coefficient (Wildman–Crippen LogP) is 2.09. The summed E-state index contributed by atoms with van der Waals surface area (Å²) in [5, 5.41) is 6.42. The average Bonchev–Trinajstić information content (AvgIpc) is 2.46. The van der Waals surface area contributed by atoms with E-state index in [9.17, 15) is 0 Å². The van der Waals surface area contributed by atoms with Gasteiger partial charge in [0.2, 0.25) is 0 Å². The normalized spacial score (nSPS) is 20.1. The molecule has 1 aromatic heterocycles. The maximum atomic E-state index is 5.72. The van der Waals surface area contributed by atoms with Crippen LogP contribution in [0.4, 0.5) is 0 Å². The van der Waals surface area contributed by atoms with E-state index in [0.29, 0.717) is 0 Å². The first-order valence-electron chi connectivity index (χ1n) is 2.47. The van der Waals surface area contributed by atoms with Gasteiger partial charge >= 0.3 is 0 Å². The number of alkyl halides is 1. The van der Waals surface area contributed by atoms with Gasteiger partial charge in [-0.2, -0.15) is 0 Å². The smallest absolute Gasteiger partial charge is 0.292 e. The van der Waals surface area contributed by atoms with Gasteiger partial charge < -0.3 is 4.42 Å². The molecule has 1 aliphatic heterocycles. The van der Waals surface area contributed by atoms with E-state index in [1.165, 1.54) is 6.26 Å². The molecule has 4 heteroatoms. The minimum Gasteiger partial charge on any atom is -0.472 e. The summed E-state index contributed by atoms with van der Waals surface area (Å²) in [5.74, 6) is 0. The molecular weight excluding hydrogens is 140 g/mol. The second kappa shape index (κ2) is 1.36. The van der Waals surface area contributed by atoms with Crippen LogP contribution in [0.25, 0.3) is 0 Å². The maximum Gasteiger partial charge on any atom is 0.292 e. The van der Waals surface area contributed by atoms with Crippen molar-refractivity contribution >= 4 is 11.6 Å². The first kappa shape index (κ1) is 4.99. The Balaban J connectivity index is 2.36. The minimum atomic E-state index is -0.799. The number of furan rings is 1. The summed E-state index contributed by atoms with van der Waals surface area (Å²) in [6, 6.07) is 1.74. The highest BCUT2D eigenvalue weighted by atomic mass is 35.5. The molecule has 9 heavy (non-hydrogen) atoms. The molecule has 0 N–H and O–H groups in total. The molecule has 0 saturated heterocycles. The minimum absolute atomic E-state index is 0.796. The van der Waals surface area contributed by atoms with Gasteiger partial charge in [0.25, 0.3) is 5.12 Å². The van der Waals surface area contributed by atoms with Crippen molar-refractivity contribution in [3.8, 4) is 0 Å². The van der Waals surface area contributed by atoms with E-state index in [2.05, 4.69) is 10.2 Å². The lowest BCUT2D eigenvalue weighted by Crippen LogP contribution is -1.93. The topological polar surface area (TPSA) is 37.9 Å². The first-order valence-corrected chi connectivity index (χ1v) is 2.85. The Morgan fingerprint density at radius 2 is 2.33 bits per heavy atom. The van der Waals surface area contributed by atoms with Gasteiger partial charge in [-0.05, 0) is 6.07 Å². The molecule has 1 aromatic rings. The largest absolute Gasteiger partial charge is 0.472 e. The van der Waals surface area contributed by atoms with E-state index in [1.807, 2.05) is 0 Å². The lowest BCUT2D eigenvalue weighted by Gasteiger charge is -1.91. The summed E-state index contributed by atoms with van der Waals surface area (Å²) in [5.41, 5.74) is 0.796. The van der Waals surface area contributed by atoms with Crippen LogP contribution in [0.5, 0.6) is 0 Å². The van der Waals surface area contributed by atoms with Crippen molar-refractivity contribution < 1.29 is 4.42 Å². The van der Waals surface area contributed by atoms with E-state index < -0.39 is 5.12 Å². The molecule has 0 spiro atoms. The molecule has 0 fully saturated rings. The highest BCUT2D eigenvalue weighted by Crippen LogP contribution is 2.43. The van der Waals surface area contributed by atoms with Gasteiger partial charge in [-0.3, -0.25) is 0 Å². The van der Waals surface area contributed by atoms with Gasteiger partial charge in [0.15, 0.2) is 0 Å². The second-order valence-corrected chi connectivity index (χ2v) is 2.33. The van der Waals surface area contributed by atoms with Gasteiger partial charge in [-0.15, -0.1) is 10.2 Å². The number of hydrogen-bond donors (Lipinski definition) is 0. The Hall–Kier alpha value is -0.830. The highest BCUT2D eigenvalue weighted by molar-refractivity contribution is 6.24. The molecule has 0 saturated carbocycles. The molecule has 2 rings (SSSR count). The average molecular weight is 143 g/mol. The van der Waals surface area contributed by atoms with Gasteiger partial charge in [0.1, 0.15) is 0 Å². The van der Waals surface area contributed by atoms with Crippen molar-refractivity contribution in [2.45, 2.75) is 5.12 Å². The molecule has 0 aromatic carbocycles. The van der Waals surface area contributed by atoms with Crippen LogP contribution < -0.4 is 0 Å². The van der Waals surface area contributed by atoms with E-state index in [0.717, 1.165) is 5.56 Å². The third-order valence-electron chi connectivity index (χ3n) is 1.16. The van der Waals surface area contributed by atoms with E-state index in [4.69, 9.17) is 16.0 Å². The monoisotopic (exact) mass is 142 g/mol. The van der Waals surface area contributed by atoms with Gasteiger partial charge in [0.05, 0.1) is 18.1 Å². The van der Waals surface area contributed by atoms with Crippen LogP contribution in [-0.4, -0.2) is 0 Å². The Bertz CT molecular complexity index is 235. The summed E-state index contributed by atoms with van der Waals surface area (Å²) >= 11 is 5.72. The second-order valence-electron chi connectivity index (χ2n) is 1.80. The Morgan fingerprint density at radius 1 is 1.56 bits per heavy atom. The molecular formula is C5H3ClN2O. The van der Waals surface area contributed by atoms with Crippen molar-refractivity contribution in [3.05, 3.63) is 24.2 Å². The molecule has 0 bridgehead atoms. The van der Waals surface area contributed by atoms with Crippen molar-refractivity contribution in [3.63, 3.8) is 0 Å². The maximum absolute atomic E-state index is 5.72. The van der Waals surface area contributed by atoms with Crippen LogP contribution >= 0.6 is 11.6 Å². The highest BCUT2D eigenvalue weighted by Gasteiger charge is 2.40. The summed E-state index contributed by atoms with van der Waals surface area (Å²) in [4.78, 5) is 0. The SMILES string of the molecule is ClC1(c2ccoc2)N=N1. The lowest BCUT2D eigenvalue weighted by atomic mass is 10.3. The molecule has 2 heterocycles. The summed E-state index contributed by atoms with van der Waals surface area (Å²) < 4.78 is 4.78. The number of halogens is 1. The van der Waals surface area contributed by atoms with Crippen LogP contribution in [0.2, 0.25) is 0 Å². The van der Waals surface area contributed by atoms with Gasteiger partial charge in [-0.1, -0.05) is 11.6 Å². The van der Waals surface area contributed by atoms with E-state index in [1.54, 1.807) is 12.3 Å². The molecule has 0 atom stereocenters. The van der Waals surface area contributed by atoms with Crippen LogP contribution in [0.1, 0.15) is 5.56 Å². The summed E-state index contributed by atoms with van der Waals surface area (Å²) in [7, 11) is 0. The molecule has 3 nitrogen and oxygen atoms in total. The van der Waals surface area contributed by atoms with E-state index >= 15 is 0 Å². The predicted molar refractivity (Wildman–Crippen MR) is 31.1 cm³/mol. The fourth-order valence-electron chi connectivity index (χ4n) is 0.605. The standard InChI is InChI=1S/C5H3ClN2O/c6-5(7-8-5)4-1-2-9-3-4/h1-3H. The first-order chi connectivity index (χ1) is 4.31. The molecule has 46 valence electrons. The van der Waals surface area contributed by atoms with E-state index in [-0.39, 0.29) is 0 Å². The fraction of sp³-hybridized carbons (Fsp3) is 0.200. The number of rotatable bonds is 1. The van der Waals surface area contributed by atoms with Crippen molar-refractivity contribution in [2.75, 3.05) is 0 Å². The van der Waals surface area contributed by atoms with Crippen molar-refractivity contribution in [1.29, 1.82) is 0 Å². The molecule has 0 amide bonds. The molecule has 0 radical (unpaired) electrons. The van der Waals surface area contributed by atoms with Gasteiger partial charge in [0, 0.05) is 0 Å². The fourth-order valence-corrected chi connectivity index (χ4v) is 0.750. The summed E-state index contributed by atoms with van der Waals surface area (Å²) in [6.45, 7) is 0. The van der Waals surface area contributed by atoms with Crippen LogP contribution in [-0.2, 0) is 5.12 Å². The molecule has 0 unspecified atom stereocenters. The Morgan fingerprint density at radius 3 is 2.78 bits per heavy atom. The third kappa shape index (κ3) is 0.650. The Labute approximate surface area is 56.3 Å². The molecule has 0 aliphatic carbocycles. The zero-order chi connectivity index (χ0) is 6.32. The zero-order valence-corrected chi connectivity index (χ0v) is 5.17. The number of hydrogen-bond acceptors (Lipinski definition) is 3. The Kier molecular flexibility index (Phi) is 0.754. The molecule has 1 aliphatic rings. The van der Waals surface area contributed by atoms with Crippen LogP contribution in [0.3, 0.4) is 0 Å². The summed E-state index contributed by atoms with van der Waals surface area (Å²) in [6.07, 6.45) is 3.08. The van der Waals surface area contributed by atoms with Gasteiger partial charge in [-0.25, -0.2) is 0 Å².